The van der Waals surface area contributed by atoms with Crippen molar-refractivity contribution >= 4 is 5.91 Å². The van der Waals surface area contributed by atoms with Gasteiger partial charge in [0, 0.05) is 33.1 Å². The molecule has 7 nitrogen and oxygen atoms in total. The molecule has 2 aromatic rings. The number of nitrogens with zero attached hydrogens (tertiary/aromatic N) is 4. The number of methoxy groups -OCH3 is 1. The maximum Gasteiger partial charge on any atom is 0.251 e. The molecule has 0 N–H and O–H groups in total. The number of amides is 1. The summed E-state index contributed by atoms with van der Waals surface area (Å²) in [6.45, 7) is 5.30. The summed E-state index contributed by atoms with van der Waals surface area (Å²) < 4.78 is 11.1. The molecule has 0 bridgehead atoms. The van der Waals surface area contributed by atoms with E-state index in [-0.39, 0.29) is 5.91 Å². The number of hydrogen-bond acceptors (Lipinski definition) is 6. The minimum atomic E-state index is 0.126. The molecule has 0 radical (unpaired) electrons. The molecule has 1 aromatic carbocycles. The molecule has 1 aliphatic heterocycles. The van der Waals surface area contributed by atoms with Crippen molar-refractivity contribution in [2.75, 3.05) is 33.3 Å². The summed E-state index contributed by atoms with van der Waals surface area (Å²) in [6.07, 6.45) is 0. The molecule has 2 heterocycles. The fourth-order valence-electron chi connectivity index (χ4n) is 2.66. The highest BCUT2D eigenvalue weighted by Gasteiger charge is 2.21. The fourth-order valence-corrected chi connectivity index (χ4v) is 2.66. The van der Waals surface area contributed by atoms with Gasteiger partial charge in [0.1, 0.15) is 5.75 Å². The van der Waals surface area contributed by atoms with Crippen LogP contribution >= 0.6 is 0 Å². The van der Waals surface area contributed by atoms with E-state index in [1.165, 1.54) is 0 Å². The third kappa shape index (κ3) is 3.50. The van der Waals surface area contributed by atoms with Crippen LogP contribution in [-0.4, -0.2) is 59.2 Å². The summed E-state index contributed by atoms with van der Waals surface area (Å²) in [5, 5.41) is 8.24. The second-order valence-corrected chi connectivity index (χ2v) is 5.48. The zero-order valence-electron chi connectivity index (χ0n) is 13.4. The maximum atomic E-state index is 11.3. The summed E-state index contributed by atoms with van der Waals surface area (Å²) in [4.78, 5) is 15.4. The van der Waals surface area contributed by atoms with Crippen LogP contribution in [0.2, 0.25) is 0 Å². The van der Waals surface area contributed by atoms with Crippen LogP contribution in [0.4, 0.5) is 0 Å². The van der Waals surface area contributed by atoms with Crippen LogP contribution in [0.25, 0.3) is 11.5 Å². The Morgan fingerprint density at radius 1 is 1.22 bits per heavy atom. The maximum absolute atomic E-state index is 11.3. The average molecular weight is 316 g/mol. The Morgan fingerprint density at radius 2 is 1.96 bits per heavy atom. The van der Waals surface area contributed by atoms with E-state index >= 15 is 0 Å². The van der Waals surface area contributed by atoms with Crippen LogP contribution in [-0.2, 0) is 11.3 Å². The number of piperazine rings is 1. The van der Waals surface area contributed by atoms with Crippen LogP contribution in [0.3, 0.4) is 0 Å². The third-order valence-corrected chi connectivity index (χ3v) is 3.98. The Labute approximate surface area is 134 Å². The highest BCUT2D eigenvalue weighted by Crippen LogP contribution is 2.28. The zero-order valence-corrected chi connectivity index (χ0v) is 13.4. The average Bonchev–Trinajstić information content (AvgIpc) is 3.03. The molecule has 0 saturated carbocycles. The van der Waals surface area contributed by atoms with E-state index in [0.29, 0.717) is 24.1 Å². The molecule has 1 aromatic heterocycles. The van der Waals surface area contributed by atoms with Gasteiger partial charge in [0.15, 0.2) is 0 Å². The van der Waals surface area contributed by atoms with E-state index in [1.807, 2.05) is 29.2 Å². The number of benzene rings is 1. The first kappa shape index (κ1) is 15.5. The molecule has 0 unspecified atom stereocenters. The molecule has 1 aliphatic rings. The fraction of sp³-hybridized carbons (Fsp3) is 0.438. The molecule has 0 spiro atoms. The number of carbonyl (C=O) groups is 1. The molecule has 1 saturated heterocycles. The van der Waals surface area contributed by atoms with Gasteiger partial charge in [-0.3, -0.25) is 9.69 Å². The lowest BCUT2D eigenvalue weighted by Gasteiger charge is -2.33. The molecule has 0 aliphatic carbocycles. The van der Waals surface area contributed by atoms with Crippen molar-refractivity contribution in [2.45, 2.75) is 13.5 Å². The van der Waals surface area contributed by atoms with E-state index < -0.39 is 0 Å². The van der Waals surface area contributed by atoms with E-state index in [1.54, 1.807) is 14.0 Å². The zero-order chi connectivity index (χ0) is 16.2. The predicted octanol–water partition coefficient (Wildman–Crippen LogP) is 1.41. The van der Waals surface area contributed by atoms with Crippen molar-refractivity contribution in [1.29, 1.82) is 0 Å². The molecule has 3 rings (SSSR count). The Hall–Kier alpha value is -2.41. The lowest BCUT2D eigenvalue weighted by Crippen LogP contribution is -2.47. The topological polar surface area (TPSA) is 71.7 Å². The highest BCUT2D eigenvalue weighted by molar-refractivity contribution is 5.73. The second kappa shape index (κ2) is 6.78. The lowest BCUT2D eigenvalue weighted by molar-refractivity contribution is -0.130. The monoisotopic (exact) mass is 316 g/mol. The van der Waals surface area contributed by atoms with Crippen molar-refractivity contribution in [3.05, 3.63) is 30.2 Å². The highest BCUT2D eigenvalue weighted by atomic mass is 16.5. The van der Waals surface area contributed by atoms with E-state index in [2.05, 4.69) is 15.1 Å². The summed E-state index contributed by atoms with van der Waals surface area (Å²) >= 11 is 0. The summed E-state index contributed by atoms with van der Waals surface area (Å²) in [5.41, 5.74) is 0.787. The van der Waals surface area contributed by atoms with Crippen LogP contribution < -0.4 is 4.74 Å². The quantitative estimate of drug-likeness (QED) is 0.849. The van der Waals surface area contributed by atoms with Gasteiger partial charge in [0.2, 0.25) is 11.8 Å². The summed E-state index contributed by atoms with van der Waals surface area (Å²) in [5.74, 6) is 1.86. The molecular formula is C16H20N4O3. The van der Waals surface area contributed by atoms with Crippen molar-refractivity contribution < 1.29 is 13.9 Å². The standard InChI is InChI=1S/C16H20N4O3/c1-12(21)20-9-7-19(8-10-20)11-15-17-18-16(23-15)13-5-3-4-6-14(13)22-2/h3-6H,7-11H2,1-2H3. The Kier molecular flexibility index (Phi) is 4.57. The van der Waals surface area contributed by atoms with Crippen molar-refractivity contribution in [1.82, 2.24) is 20.0 Å². The van der Waals surface area contributed by atoms with Gasteiger partial charge in [-0.1, -0.05) is 12.1 Å². The van der Waals surface area contributed by atoms with Gasteiger partial charge in [0.25, 0.3) is 5.89 Å². The minimum Gasteiger partial charge on any atom is -0.496 e. The number of para-hydroxylation sites is 1. The number of aromatic nitrogens is 2. The van der Waals surface area contributed by atoms with Gasteiger partial charge in [-0.2, -0.15) is 0 Å². The Morgan fingerprint density at radius 3 is 2.65 bits per heavy atom. The molecule has 23 heavy (non-hydrogen) atoms. The third-order valence-electron chi connectivity index (χ3n) is 3.98. The molecule has 7 heteroatoms. The van der Waals surface area contributed by atoms with Gasteiger partial charge in [0.05, 0.1) is 19.2 Å². The van der Waals surface area contributed by atoms with Gasteiger partial charge in [-0.15, -0.1) is 10.2 Å². The SMILES string of the molecule is COc1ccccc1-c1nnc(CN2CCN(C(C)=O)CC2)o1. The van der Waals surface area contributed by atoms with Crippen molar-refractivity contribution in [2.24, 2.45) is 0 Å². The van der Waals surface area contributed by atoms with Crippen LogP contribution in [0, 0.1) is 0 Å². The van der Waals surface area contributed by atoms with E-state index in [0.717, 1.165) is 31.7 Å². The van der Waals surface area contributed by atoms with Gasteiger partial charge in [-0.05, 0) is 12.1 Å². The van der Waals surface area contributed by atoms with E-state index in [9.17, 15) is 4.79 Å². The number of rotatable bonds is 4. The first-order valence-corrected chi connectivity index (χ1v) is 7.61. The minimum absolute atomic E-state index is 0.126. The molecular weight excluding hydrogens is 296 g/mol. The largest absolute Gasteiger partial charge is 0.496 e. The van der Waals surface area contributed by atoms with Crippen LogP contribution in [0.15, 0.2) is 28.7 Å². The predicted molar refractivity (Wildman–Crippen MR) is 83.8 cm³/mol. The molecule has 0 atom stereocenters. The Bertz CT molecular complexity index is 677. The van der Waals surface area contributed by atoms with Gasteiger partial charge in [-0.25, -0.2) is 0 Å². The van der Waals surface area contributed by atoms with Crippen molar-refractivity contribution in [3.63, 3.8) is 0 Å². The first-order chi connectivity index (χ1) is 11.2. The van der Waals surface area contributed by atoms with Gasteiger partial charge >= 0.3 is 0 Å². The van der Waals surface area contributed by atoms with Crippen LogP contribution in [0.5, 0.6) is 5.75 Å². The smallest absolute Gasteiger partial charge is 0.251 e. The summed E-state index contributed by atoms with van der Waals surface area (Å²) in [7, 11) is 1.62. The van der Waals surface area contributed by atoms with E-state index in [4.69, 9.17) is 9.15 Å². The second-order valence-electron chi connectivity index (χ2n) is 5.48. The van der Waals surface area contributed by atoms with Crippen LogP contribution in [0.1, 0.15) is 12.8 Å². The number of carbonyl (C=O) groups excluding carboxylic acids is 1. The summed E-state index contributed by atoms with van der Waals surface area (Å²) in [6, 6.07) is 7.55. The Balaban J connectivity index is 1.65. The van der Waals surface area contributed by atoms with Crippen molar-refractivity contribution in [3.8, 4) is 17.2 Å². The molecule has 122 valence electrons. The first-order valence-electron chi connectivity index (χ1n) is 7.61. The molecule has 1 fully saturated rings. The molecule has 1 amide bonds. The lowest BCUT2D eigenvalue weighted by atomic mass is 10.2. The number of hydrogen-bond donors (Lipinski definition) is 0. The number of ether oxygens (including phenoxy) is 1. The normalized spacial score (nSPS) is 15.7. The van der Waals surface area contributed by atoms with Gasteiger partial charge < -0.3 is 14.1 Å².